The molecule has 0 saturated heterocycles. The number of methoxy groups -OCH3 is 1. The molecule has 94 valence electrons. The summed E-state index contributed by atoms with van der Waals surface area (Å²) in [6.07, 6.45) is 4.33. The second-order valence-electron chi connectivity index (χ2n) is 6.05. The van der Waals surface area contributed by atoms with Crippen LogP contribution in [-0.2, 0) is 17.6 Å². The molecule has 0 heterocycles. The summed E-state index contributed by atoms with van der Waals surface area (Å²) in [6.45, 7) is 4.13. The maximum Gasteiger partial charge on any atom is 0.0721 e. The van der Waals surface area contributed by atoms with Crippen molar-refractivity contribution in [3.63, 3.8) is 0 Å². The van der Waals surface area contributed by atoms with Gasteiger partial charge in [0.05, 0.1) is 5.60 Å². The smallest absolute Gasteiger partial charge is 0.0721 e. The first-order chi connectivity index (χ1) is 7.92. The molecule has 0 bridgehead atoms. The Kier molecular flexibility index (Phi) is 3.28. The minimum Gasteiger partial charge on any atom is -0.378 e. The molecule has 0 unspecified atom stereocenters. The average molecular weight is 233 g/mol. The highest BCUT2D eigenvalue weighted by Gasteiger charge is 2.42. The third kappa shape index (κ3) is 3.55. The Bertz CT molecular complexity index is 388. The largest absolute Gasteiger partial charge is 0.378 e. The zero-order chi connectivity index (χ0) is 12.5. The third-order valence-electron chi connectivity index (χ3n) is 3.42. The number of rotatable bonds is 5. The van der Waals surface area contributed by atoms with E-state index in [1.54, 1.807) is 0 Å². The summed E-state index contributed by atoms with van der Waals surface area (Å²) in [5.74, 6) is 0. The molecular weight excluding hydrogens is 210 g/mol. The van der Waals surface area contributed by atoms with Gasteiger partial charge in [0.2, 0.25) is 0 Å². The molecule has 2 rings (SSSR count). The monoisotopic (exact) mass is 233 g/mol. The van der Waals surface area contributed by atoms with E-state index in [1.165, 1.54) is 24.0 Å². The third-order valence-corrected chi connectivity index (χ3v) is 3.42. The molecule has 0 atom stereocenters. The highest BCUT2D eigenvalue weighted by atomic mass is 16.5. The Morgan fingerprint density at radius 1 is 1.29 bits per heavy atom. The first-order valence-electron chi connectivity index (χ1n) is 6.34. The fraction of sp³-hybridized carbons (Fsp3) is 0.600. The van der Waals surface area contributed by atoms with Gasteiger partial charge >= 0.3 is 0 Å². The van der Waals surface area contributed by atoms with E-state index >= 15 is 0 Å². The lowest BCUT2D eigenvalue weighted by atomic mass is 9.94. The van der Waals surface area contributed by atoms with Gasteiger partial charge in [-0.25, -0.2) is 0 Å². The maximum atomic E-state index is 6.06. The normalized spacial score (nSPS) is 18.1. The van der Waals surface area contributed by atoms with Crippen molar-refractivity contribution in [1.29, 1.82) is 0 Å². The van der Waals surface area contributed by atoms with Crippen LogP contribution >= 0.6 is 0 Å². The van der Waals surface area contributed by atoms with E-state index in [2.05, 4.69) is 38.1 Å². The molecule has 1 aliphatic rings. The van der Waals surface area contributed by atoms with Crippen molar-refractivity contribution in [2.45, 2.75) is 50.7 Å². The quantitative estimate of drug-likeness (QED) is 0.848. The van der Waals surface area contributed by atoms with Crippen LogP contribution in [0.15, 0.2) is 24.3 Å². The van der Waals surface area contributed by atoms with E-state index in [0.717, 1.165) is 12.8 Å². The zero-order valence-corrected chi connectivity index (χ0v) is 11.1. The Labute approximate surface area is 104 Å². The van der Waals surface area contributed by atoms with Crippen LogP contribution in [0, 0.1) is 0 Å². The lowest BCUT2D eigenvalue weighted by molar-refractivity contribution is 0.0807. The van der Waals surface area contributed by atoms with Crippen molar-refractivity contribution >= 4 is 0 Å². The highest BCUT2D eigenvalue weighted by Crippen LogP contribution is 2.41. The van der Waals surface area contributed by atoms with Gasteiger partial charge in [0.25, 0.3) is 0 Å². The molecule has 1 saturated carbocycles. The lowest BCUT2D eigenvalue weighted by Crippen LogP contribution is -2.34. The van der Waals surface area contributed by atoms with Gasteiger partial charge in [-0.1, -0.05) is 24.3 Å². The van der Waals surface area contributed by atoms with Gasteiger partial charge < -0.3 is 10.5 Å². The van der Waals surface area contributed by atoms with Gasteiger partial charge in [-0.3, -0.25) is 0 Å². The average Bonchev–Trinajstić information content (AvgIpc) is 2.96. The number of benzene rings is 1. The molecule has 0 amide bonds. The number of hydrogen-bond donors (Lipinski definition) is 1. The molecule has 1 aromatic carbocycles. The molecule has 17 heavy (non-hydrogen) atoms. The topological polar surface area (TPSA) is 35.2 Å². The highest BCUT2D eigenvalue weighted by molar-refractivity contribution is 5.27. The summed E-state index contributed by atoms with van der Waals surface area (Å²) in [5.41, 5.74) is 8.74. The van der Waals surface area contributed by atoms with Crippen molar-refractivity contribution in [1.82, 2.24) is 0 Å². The van der Waals surface area contributed by atoms with Gasteiger partial charge in [0.15, 0.2) is 0 Å². The fourth-order valence-electron chi connectivity index (χ4n) is 2.34. The lowest BCUT2D eigenvalue weighted by Gasteiger charge is -2.19. The van der Waals surface area contributed by atoms with E-state index in [-0.39, 0.29) is 11.1 Å². The van der Waals surface area contributed by atoms with Crippen molar-refractivity contribution < 1.29 is 4.74 Å². The molecule has 1 fully saturated rings. The van der Waals surface area contributed by atoms with Gasteiger partial charge in [-0.05, 0) is 44.2 Å². The standard InChI is InChI=1S/C15H23NO/c1-14(2,16)10-12-5-4-6-13(9-12)11-15(17-3)7-8-15/h4-6,9H,7-8,10-11,16H2,1-3H3. The summed E-state index contributed by atoms with van der Waals surface area (Å²) >= 11 is 0. The molecule has 0 aromatic heterocycles. The fourth-order valence-corrected chi connectivity index (χ4v) is 2.34. The van der Waals surface area contributed by atoms with Crippen molar-refractivity contribution in [3.05, 3.63) is 35.4 Å². The second kappa shape index (κ2) is 4.43. The number of hydrogen-bond acceptors (Lipinski definition) is 2. The van der Waals surface area contributed by atoms with Crippen LogP contribution in [0.2, 0.25) is 0 Å². The Morgan fingerprint density at radius 3 is 2.47 bits per heavy atom. The minimum absolute atomic E-state index is 0.136. The van der Waals surface area contributed by atoms with Crippen LogP contribution in [0.1, 0.15) is 37.8 Å². The van der Waals surface area contributed by atoms with E-state index in [9.17, 15) is 0 Å². The van der Waals surface area contributed by atoms with Gasteiger partial charge in [0, 0.05) is 19.1 Å². The molecule has 2 N–H and O–H groups in total. The van der Waals surface area contributed by atoms with Crippen molar-refractivity contribution in [2.24, 2.45) is 5.73 Å². The van der Waals surface area contributed by atoms with Crippen molar-refractivity contribution in [2.75, 3.05) is 7.11 Å². The molecular formula is C15H23NO. The van der Waals surface area contributed by atoms with Crippen LogP contribution < -0.4 is 5.73 Å². The maximum absolute atomic E-state index is 6.06. The van der Waals surface area contributed by atoms with E-state index in [4.69, 9.17) is 10.5 Å². The van der Waals surface area contributed by atoms with Gasteiger partial charge in [0.1, 0.15) is 0 Å². The molecule has 1 aliphatic carbocycles. The predicted octanol–water partition coefficient (Wildman–Crippen LogP) is 2.69. The Balaban J connectivity index is 2.06. The molecule has 2 heteroatoms. The first kappa shape index (κ1) is 12.6. The first-order valence-corrected chi connectivity index (χ1v) is 6.34. The molecule has 1 aromatic rings. The number of nitrogens with two attached hydrogens (primary N) is 1. The molecule has 0 spiro atoms. The summed E-state index contributed by atoms with van der Waals surface area (Å²) in [4.78, 5) is 0. The predicted molar refractivity (Wildman–Crippen MR) is 71.1 cm³/mol. The second-order valence-corrected chi connectivity index (χ2v) is 6.05. The summed E-state index contributed by atoms with van der Waals surface area (Å²) < 4.78 is 5.57. The summed E-state index contributed by atoms with van der Waals surface area (Å²) in [6, 6.07) is 8.74. The van der Waals surface area contributed by atoms with Crippen LogP contribution in [-0.4, -0.2) is 18.2 Å². The zero-order valence-electron chi connectivity index (χ0n) is 11.1. The molecule has 0 radical (unpaired) electrons. The van der Waals surface area contributed by atoms with Crippen LogP contribution in [0.3, 0.4) is 0 Å². The van der Waals surface area contributed by atoms with Crippen molar-refractivity contribution in [3.8, 4) is 0 Å². The Hall–Kier alpha value is -0.860. The summed E-state index contributed by atoms with van der Waals surface area (Å²) in [5, 5.41) is 0. The van der Waals surface area contributed by atoms with Crippen LogP contribution in [0.5, 0.6) is 0 Å². The van der Waals surface area contributed by atoms with E-state index in [0.29, 0.717) is 0 Å². The molecule has 2 nitrogen and oxygen atoms in total. The van der Waals surface area contributed by atoms with Gasteiger partial charge in [-0.2, -0.15) is 0 Å². The van der Waals surface area contributed by atoms with Crippen LogP contribution in [0.4, 0.5) is 0 Å². The SMILES string of the molecule is COC1(Cc2cccc(CC(C)(C)N)c2)CC1. The minimum atomic E-state index is -0.142. The van der Waals surface area contributed by atoms with E-state index < -0.39 is 0 Å². The number of ether oxygens (including phenoxy) is 1. The molecule has 0 aliphatic heterocycles. The Morgan fingerprint density at radius 2 is 1.94 bits per heavy atom. The summed E-state index contributed by atoms with van der Waals surface area (Å²) in [7, 11) is 1.82. The van der Waals surface area contributed by atoms with Crippen LogP contribution in [0.25, 0.3) is 0 Å². The van der Waals surface area contributed by atoms with E-state index in [1.807, 2.05) is 7.11 Å². The van der Waals surface area contributed by atoms with Gasteiger partial charge in [-0.15, -0.1) is 0 Å².